The number of hydrogen-bond donors (Lipinski definition) is 1. The fourth-order valence-corrected chi connectivity index (χ4v) is 1.95. The molecule has 2 rings (SSSR count). The third kappa shape index (κ3) is 2.45. The normalized spacial score (nSPS) is 10.7. The summed E-state index contributed by atoms with van der Waals surface area (Å²) < 4.78 is 7.06. The Hall–Kier alpha value is -2.30. The van der Waals surface area contributed by atoms with Crippen LogP contribution in [0.3, 0.4) is 0 Å². The zero-order chi connectivity index (χ0) is 14.0. The van der Waals surface area contributed by atoms with Crippen LogP contribution in [-0.2, 0) is 0 Å². The van der Waals surface area contributed by atoms with E-state index in [0.29, 0.717) is 11.7 Å². The van der Waals surface area contributed by atoms with Crippen LogP contribution in [0.5, 0.6) is 5.75 Å². The summed E-state index contributed by atoms with van der Waals surface area (Å²) in [5.74, 6) is -0.334. The summed E-state index contributed by atoms with van der Waals surface area (Å²) in [4.78, 5) is 15.2. The molecule has 0 fully saturated rings. The van der Waals surface area contributed by atoms with Gasteiger partial charge in [0.05, 0.1) is 19.1 Å². The van der Waals surface area contributed by atoms with E-state index in [4.69, 9.17) is 9.84 Å². The smallest absolute Gasteiger partial charge is 0.339 e. The van der Waals surface area contributed by atoms with Crippen LogP contribution >= 0.6 is 0 Å². The number of imidazole rings is 1. The number of aromatic nitrogens is 2. The minimum absolute atomic E-state index is 0.150. The lowest BCUT2D eigenvalue weighted by Crippen LogP contribution is -2.04. The Balaban J connectivity index is 2.52. The van der Waals surface area contributed by atoms with Gasteiger partial charge in [-0.3, -0.25) is 0 Å². The van der Waals surface area contributed by atoms with Crippen LogP contribution in [0.4, 0.5) is 0 Å². The van der Waals surface area contributed by atoms with E-state index in [-0.39, 0.29) is 5.56 Å². The molecule has 0 amide bonds. The first-order valence-electron chi connectivity index (χ1n) is 5.98. The van der Waals surface area contributed by atoms with Crippen LogP contribution in [-0.4, -0.2) is 27.7 Å². The van der Waals surface area contributed by atoms with E-state index < -0.39 is 5.97 Å². The number of methoxy groups -OCH3 is 1. The molecule has 1 aromatic heterocycles. The van der Waals surface area contributed by atoms with Crippen molar-refractivity contribution in [3.63, 3.8) is 0 Å². The summed E-state index contributed by atoms with van der Waals surface area (Å²) in [6.07, 6.45) is 3.52. The van der Waals surface area contributed by atoms with Crippen molar-refractivity contribution in [2.24, 2.45) is 0 Å². The van der Waals surface area contributed by atoms with Crippen LogP contribution in [0.1, 0.15) is 35.8 Å². The van der Waals surface area contributed by atoms with Gasteiger partial charge in [-0.1, -0.05) is 13.8 Å². The Morgan fingerprint density at radius 2 is 2.16 bits per heavy atom. The molecule has 0 aliphatic heterocycles. The number of hydrogen-bond acceptors (Lipinski definition) is 3. The molecule has 0 saturated carbocycles. The third-order valence-electron chi connectivity index (χ3n) is 2.95. The van der Waals surface area contributed by atoms with Crippen molar-refractivity contribution in [1.82, 2.24) is 9.55 Å². The first-order valence-corrected chi connectivity index (χ1v) is 5.98. The fourth-order valence-electron chi connectivity index (χ4n) is 1.95. The monoisotopic (exact) mass is 260 g/mol. The first kappa shape index (κ1) is 13.1. The molecule has 19 heavy (non-hydrogen) atoms. The summed E-state index contributed by atoms with van der Waals surface area (Å²) in [7, 11) is 1.46. The molecule has 1 N–H and O–H groups in total. The Morgan fingerprint density at radius 1 is 1.42 bits per heavy atom. The second kappa shape index (κ2) is 5.14. The maximum atomic E-state index is 11.1. The molecule has 100 valence electrons. The molecule has 0 atom stereocenters. The topological polar surface area (TPSA) is 64.4 Å². The van der Waals surface area contributed by atoms with Crippen LogP contribution in [0.25, 0.3) is 5.69 Å². The maximum Gasteiger partial charge on any atom is 0.339 e. The van der Waals surface area contributed by atoms with Crippen molar-refractivity contribution in [1.29, 1.82) is 0 Å². The van der Waals surface area contributed by atoms with Gasteiger partial charge in [-0.25, -0.2) is 9.78 Å². The highest BCUT2D eigenvalue weighted by molar-refractivity contribution is 5.91. The molecule has 1 aromatic carbocycles. The van der Waals surface area contributed by atoms with Gasteiger partial charge in [0.15, 0.2) is 0 Å². The minimum Gasteiger partial charge on any atom is -0.496 e. The van der Waals surface area contributed by atoms with Crippen LogP contribution in [0.15, 0.2) is 30.7 Å². The van der Waals surface area contributed by atoms with Crippen LogP contribution < -0.4 is 4.74 Å². The van der Waals surface area contributed by atoms with E-state index >= 15 is 0 Å². The van der Waals surface area contributed by atoms with Gasteiger partial charge in [-0.2, -0.15) is 0 Å². The molecule has 0 unspecified atom stereocenters. The highest BCUT2D eigenvalue weighted by atomic mass is 16.5. The number of rotatable bonds is 4. The number of carbonyl (C=O) groups is 1. The van der Waals surface area contributed by atoms with Crippen molar-refractivity contribution in [2.45, 2.75) is 19.8 Å². The zero-order valence-electron chi connectivity index (χ0n) is 11.1. The van der Waals surface area contributed by atoms with Crippen LogP contribution in [0, 0.1) is 0 Å². The standard InChI is InChI=1S/C14H16N2O3/c1-9(2)12-7-15-8-16(12)10-4-5-11(14(17)18)13(6-10)19-3/h4-9H,1-3H3,(H,17,18). The van der Waals surface area contributed by atoms with E-state index in [1.54, 1.807) is 24.5 Å². The predicted molar refractivity (Wildman–Crippen MR) is 71.2 cm³/mol. The molecule has 0 saturated heterocycles. The van der Waals surface area contributed by atoms with Gasteiger partial charge in [0.25, 0.3) is 0 Å². The van der Waals surface area contributed by atoms with Gasteiger partial charge >= 0.3 is 5.97 Å². The number of ether oxygens (including phenoxy) is 1. The van der Waals surface area contributed by atoms with Crippen molar-refractivity contribution >= 4 is 5.97 Å². The number of carboxylic acids is 1. The Morgan fingerprint density at radius 3 is 2.74 bits per heavy atom. The average Bonchev–Trinajstić information content (AvgIpc) is 2.87. The molecule has 2 aromatic rings. The number of benzene rings is 1. The highest BCUT2D eigenvalue weighted by Gasteiger charge is 2.14. The summed E-state index contributed by atoms with van der Waals surface area (Å²) in [5.41, 5.74) is 2.05. The lowest BCUT2D eigenvalue weighted by Gasteiger charge is -2.13. The van der Waals surface area contributed by atoms with Gasteiger partial charge in [0.2, 0.25) is 0 Å². The summed E-state index contributed by atoms with van der Waals surface area (Å²) >= 11 is 0. The summed E-state index contributed by atoms with van der Waals surface area (Å²) in [6, 6.07) is 5.00. The van der Waals surface area contributed by atoms with E-state index in [2.05, 4.69) is 18.8 Å². The maximum absolute atomic E-state index is 11.1. The third-order valence-corrected chi connectivity index (χ3v) is 2.95. The minimum atomic E-state index is -1.00. The molecular weight excluding hydrogens is 244 g/mol. The Labute approximate surface area is 111 Å². The van der Waals surface area contributed by atoms with E-state index in [1.165, 1.54) is 7.11 Å². The Bertz CT molecular complexity index is 602. The number of carboxylic acid groups (broad SMARTS) is 1. The van der Waals surface area contributed by atoms with E-state index in [1.807, 2.05) is 10.8 Å². The van der Waals surface area contributed by atoms with Gasteiger partial charge in [-0.15, -0.1) is 0 Å². The van der Waals surface area contributed by atoms with Gasteiger partial charge in [-0.05, 0) is 18.1 Å². The predicted octanol–water partition coefficient (Wildman–Crippen LogP) is 2.70. The zero-order valence-corrected chi connectivity index (χ0v) is 11.1. The Kier molecular flexibility index (Phi) is 3.55. The SMILES string of the molecule is COc1cc(-n2cncc2C(C)C)ccc1C(=O)O. The van der Waals surface area contributed by atoms with Gasteiger partial charge in [0, 0.05) is 18.0 Å². The molecule has 0 radical (unpaired) electrons. The molecule has 5 heteroatoms. The van der Waals surface area contributed by atoms with E-state index in [0.717, 1.165) is 11.4 Å². The molecule has 5 nitrogen and oxygen atoms in total. The van der Waals surface area contributed by atoms with Gasteiger partial charge < -0.3 is 14.4 Å². The van der Waals surface area contributed by atoms with Crippen molar-refractivity contribution in [2.75, 3.05) is 7.11 Å². The summed E-state index contributed by atoms with van der Waals surface area (Å²) in [6.45, 7) is 4.16. The second-order valence-corrected chi connectivity index (χ2v) is 4.53. The highest BCUT2D eigenvalue weighted by Crippen LogP contribution is 2.25. The first-order chi connectivity index (χ1) is 9.04. The molecule has 0 bridgehead atoms. The number of nitrogens with zero attached hydrogens (tertiary/aromatic N) is 2. The molecule has 0 spiro atoms. The van der Waals surface area contributed by atoms with Crippen LogP contribution in [0.2, 0.25) is 0 Å². The van der Waals surface area contributed by atoms with Crippen molar-refractivity contribution < 1.29 is 14.6 Å². The van der Waals surface area contributed by atoms with Crippen molar-refractivity contribution in [3.05, 3.63) is 42.0 Å². The number of aromatic carboxylic acids is 1. The lowest BCUT2D eigenvalue weighted by molar-refractivity contribution is 0.0693. The largest absolute Gasteiger partial charge is 0.496 e. The lowest BCUT2D eigenvalue weighted by atomic mass is 10.1. The molecule has 0 aliphatic rings. The summed E-state index contributed by atoms with van der Waals surface area (Å²) in [5, 5.41) is 9.06. The second-order valence-electron chi connectivity index (χ2n) is 4.53. The van der Waals surface area contributed by atoms with Gasteiger partial charge in [0.1, 0.15) is 11.3 Å². The molecule has 1 heterocycles. The van der Waals surface area contributed by atoms with Crippen molar-refractivity contribution in [3.8, 4) is 11.4 Å². The molecule has 0 aliphatic carbocycles. The average molecular weight is 260 g/mol. The quantitative estimate of drug-likeness (QED) is 0.918. The molecular formula is C14H16N2O3. The fraction of sp³-hybridized carbons (Fsp3) is 0.286. The van der Waals surface area contributed by atoms with E-state index in [9.17, 15) is 4.79 Å².